The molecule has 7 heteroatoms. The molecule has 0 saturated heterocycles. The third-order valence-electron chi connectivity index (χ3n) is 2.93. The Morgan fingerprint density at radius 2 is 2.04 bits per heavy atom. The van der Waals surface area contributed by atoms with E-state index in [1.54, 1.807) is 6.07 Å². The SMILES string of the molecule is CN(CCC(=O)OC(C)(C)C)Cc1cc(F)cc(/C(N)=N\O)c1. The number of nitrogens with zero attached hydrogens (tertiary/aromatic N) is 2. The van der Waals surface area contributed by atoms with Crippen LogP contribution in [0.15, 0.2) is 23.4 Å². The molecule has 0 amide bonds. The molecule has 1 aromatic carbocycles. The lowest BCUT2D eigenvalue weighted by molar-refractivity contribution is -0.155. The van der Waals surface area contributed by atoms with Crippen molar-refractivity contribution in [1.82, 2.24) is 4.90 Å². The zero-order chi connectivity index (χ0) is 17.6. The van der Waals surface area contributed by atoms with Crippen molar-refractivity contribution in [1.29, 1.82) is 0 Å². The summed E-state index contributed by atoms with van der Waals surface area (Å²) in [6.45, 7) is 6.35. The van der Waals surface area contributed by atoms with Gasteiger partial charge in [0, 0.05) is 18.7 Å². The minimum Gasteiger partial charge on any atom is -0.460 e. The molecule has 0 unspecified atom stereocenters. The summed E-state index contributed by atoms with van der Waals surface area (Å²) < 4.78 is 18.8. The molecule has 6 nitrogen and oxygen atoms in total. The van der Waals surface area contributed by atoms with Gasteiger partial charge in [-0.15, -0.1) is 0 Å². The van der Waals surface area contributed by atoms with E-state index in [0.717, 1.165) is 0 Å². The molecular weight excluding hydrogens is 301 g/mol. The number of hydrogen-bond acceptors (Lipinski definition) is 5. The second-order valence-electron chi connectivity index (χ2n) is 6.41. The second kappa shape index (κ2) is 7.92. The number of esters is 1. The number of amidine groups is 1. The van der Waals surface area contributed by atoms with E-state index < -0.39 is 11.4 Å². The van der Waals surface area contributed by atoms with Crippen LogP contribution in [-0.4, -0.2) is 41.1 Å². The molecule has 0 atom stereocenters. The summed E-state index contributed by atoms with van der Waals surface area (Å²) in [7, 11) is 1.82. The smallest absolute Gasteiger partial charge is 0.307 e. The lowest BCUT2D eigenvalue weighted by Gasteiger charge is -2.21. The molecule has 0 aliphatic carbocycles. The average Bonchev–Trinajstić information content (AvgIpc) is 2.41. The van der Waals surface area contributed by atoms with Crippen molar-refractivity contribution in [3.63, 3.8) is 0 Å². The van der Waals surface area contributed by atoms with E-state index in [2.05, 4.69) is 5.16 Å². The van der Waals surface area contributed by atoms with Gasteiger partial charge in [-0.25, -0.2) is 4.39 Å². The van der Waals surface area contributed by atoms with Gasteiger partial charge in [0.25, 0.3) is 0 Å². The Bertz CT molecular complexity index is 582. The molecule has 0 fully saturated rings. The predicted molar refractivity (Wildman–Crippen MR) is 85.7 cm³/mol. The van der Waals surface area contributed by atoms with E-state index in [1.807, 2.05) is 32.7 Å². The van der Waals surface area contributed by atoms with E-state index in [9.17, 15) is 9.18 Å². The number of rotatable bonds is 6. The average molecular weight is 325 g/mol. The van der Waals surface area contributed by atoms with Crippen molar-refractivity contribution in [2.24, 2.45) is 10.9 Å². The zero-order valence-corrected chi connectivity index (χ0v) is 14.0. The van der Waals surface area contributed by atoms with Crippen molar-refractivity contribution in [3.8, 4) is 0 Å². The Morgan fingerprint density at radius 1 is 1.39 bits per heavy atom. The molecule has 1 rings (SSSR count). The highest BCUT2D eigenvalue weighted by Gasteiger charge is 2.16. The lowest BCUT2D eigenvalue weighted by atomic mass is 10.1. The van der Waals surface area contributed by atoms with Crippen molar-refractivity contribution < 1.29 is 19.1 Å². The van der Waals surface area contributed by atoms with Gasteiger partial charge in [-0.05, 0) is 51.6 Å². The van der Waals surface area contributed by atoms with E-state index in [4.69, 9.17) is 15.7 Å². The molecule has 0 aliphatic rings. The zero-order valence-electron chi connectivity index (χ0n) is 14.0. The van der Waals surface area contributed by atoms with Crippen LogP contribution in [0, 0.1) is 5.82 Å². The number of oxime groups is 1. The Kier molecular flexibility index (Phi) is 6.50. The van der Waals surface area contributed by atoms with Gasteiger partial charge in [-0.1, -0.05) is 5.16 Å². The Balaban J connectivity index is 2.62. The Hall–Kier alpha value is -2.15. The highest BCUT2D eigenvalue weighted by molar-refractivity contribution is 5.97. The minimum absolute atomic E-state index is 0.151. The molecule has 23 heavy (non-hydrogen) atoms. The number of hydrogen-bond donors (Lipinski definition) is 2. The fraction of sp³-hybridized carbons (Fsp3) is 0.500. The van der Waals surface area contributed by atoms with Crippen LogP contribution in [0.3, 0.4) is 0 Å². The molecule has 0 aromatic heterocycles. The number of halogens is 1. The normalized spacial score (nSPS) is 12.5. The van der Waals surface area contributed by atoms with Gasteiger partial charge in [0.2, 0.25) is 0 Å². The van der Waals surface area contributed by atoms with Crippen molar-refractivity contribution in [2.45, 2.75) is 39.3 Å². The summed E-state index contributed by atoms with van der Waals surface area (Å²) in [6.07, 6.45) is 0.246. The van der Waals surface area contributed by atoms with Gasteiger partial charge < -0.3 is 20.6 Å². The molecule has 0 saturated carbocycles. The molecule has 0 heterocycles. The van der Waals surface area contributed by atoms with E-state index in [-0.39, 0.29) is 18.2 Å². The molecule has 0 bridgehead atoms. The number of carbonyl (C=O) groups is 1. The highest BCUT2D eigenvalue weighted by Crippen LogP contribution is 2.12. The maximum atomic E-state index is 13.6. The minimum atomic E-state index is -0.506. The van der Waals surface area contributed by atoms with Gasteiger partial charge in [-0.3, -0.25) is 4.79 Å². The number of carbonyl (C=O) groups excluding carboxylic acids is 1. The third-order valence-corrected chi connectivity index (χ3v) is 2.93. The highest BCUT2D eigenvalue weighted by atomic mass is 19.1. The summed E-state index contributed by atoms with van der Waals surface area (Å²) in [6, 6.07) is 4.21. The van der Waals surface area contributed by atoms with Gasteiger partial charge in [0.1, 0.15) is 11.4 Å². The van der Waals surface area contributed by atoms with Crippen molar-refractivity contribution in [3.05, 3.63) is 35.1 Å². The first-order valence-electron chi connectivity index (χ1n) is 7.28. The molecule has 0 aliphatic heterocycles. The first-order chi connectivity index (χ1) is 10.6. The molecule has 128 valence electrons. The van der Waals surface area contributed by atoms with Crippen LogP contribution >= 0.6 is 0 Å². The van der Waals surface area contributed by atoms with Crippen molar-refractivity contribution in [2.75, 3.05) is 13.6 Å². The summed E-state index contributed by atoms with van der Waals surface area (Å²) >= 11 is 0. The summed E-state index contributed by atoms with van der Waals surface area (Å²) in [5.74, 6) is -0.896. The number of ether oxygens (including phenoxy) is 1. The standard InChI is InChI=1S/C16H24FN3O3/c1-16(2,3)23-14(21)5-6-20(4)10-11-7-12(15(18)19-22)9-13(17)8-11/h7-9,22H,5-6,10H2,1-4H3,(H2,18,19). The van der Waals surface area contributed by atoms with E-state index in [1.165, 1.54) is 12.1 Å². The van der Waals surface area contributed by atoms with Gasteiger partial charge in [0.05, 0.1) is 6.42 Å². The maximum Gasteiger partial charge on any atom is 0.307 e. The van der Waals surface area contributed by atoms with Crippen LogP contribution in [0.1, 0.15) is 38.3 Å². The third kappa shape index (κ3) is 7.10. The van der Waals surface area contributed by atoms with Crippen LogP contribution in [-0.2, 0) is 16.1 Å². The lowest BCUT2D eigenvalue weighted by Crippen LogP contribution is -2.27. The van der Waals surface area contributed by atoms with Crippen LogP contribution in [0.4, 0.5) is 4.39 Å². The van der Waals surface area contributed by atoms with Crippen LogP contribution in [0.5, 0.6) is 0 Å². The van der Waals surface area contributed by atoms with Gasteiger partial charge in [-0.2, -0.15) is 0 Å². The first kappa shape index (κ1) is 18.9. The molecule has 0 spiro atoms. The maximum absolute atomic E-state index is 13.6. The van der Waals surface area contributed by atoms with Crippen LogP contribution in [0.2, 0.25) is 0 Å². The first-order valence-corrected chi connectivity index (χ1v) is 7.28. The summed E-state index contributed by atoms with van der Waals surface area (Å²) in [5, 5.41) is 11.5. The predicted octanol–water partition coefficient (Wildman–Crippen LogP) is 2.08. The van der Waals surface area contributed by atoms with Gasteiger partial charge in [0.15, 0.2) is 5.84 Å². The number of benzene rings is 1. The monoisotopic (exact) mass is 325 g/mol. The Morgan fingerprint density at radius 3 is 2.61 bits per heavy atom. The molecule has 3 N–H and O–H groups in total. The topological polar surface area (TPSA) is 88.2 Å². The van der Waals surface area contributed by atoms with E-state index in [0.29, 0.717) is 24.2 Å². The van der Waals surface area contributed by atoms with Gasteiger partial charge >= 0.3 is 5.97 Å². The van der Waals surface area contributed by atoms with Crippen LogP contribution < -0.4 is 5.73 Å². The van der Waals surface area contributed by atoms with E-state index >= 15 is 0 Å². The molecule has 0 radical (unpaired) electrons. The summed E-state index contributed by atoms with van der Waals surface area (Å²) in [5.41, 5.74) is 5.95. The quantitative estimate of drug-likeness (QED) is 0.275. The van der Waals surface area contributed by atoms with Crippen molar-refractivity contribution >= 4 is 11.8 Å². The largest absolute Gasteiger partial charge is 0.460 e. The fourth-order valence-corrected chi connectivity index (χ4v) is 2.01. The second-order valence-corrected chi connectivity index (χ2v) is 6.41. The number of nitrogens with two attached hydrogens (primary N) is 1. The van der Waals surface area contributed by atoms with Crippen LogP contribution in [0.25, 0.3) is 0 Å². The molecular formula is C16H24FN3O3. The fourth-order valence-electron chi connectivity index (χ4n) is 2.01. The Labute approximate surface area is 135 Å². The molecule has 1 aromatic rings. The summed E-state index contributed by atoms with van der Waals surface area (Å²) in [4.78, 5) is 13.6.